The summed E-state index contributed by atoms with van der Waals surface area (Å²) in [5, 5.41) is 11.2. The molecule has 32 heavy (non-hydrogen) atoms. The highest BCUT2D eigenvalue weighted by Gasteiger charge is 2.39. The number of nitrogens with one attached hydrogen (secondary N) is 3. The summed E-state index contributed by atoms with van der Waals surface area (Å²) in [4.78, 5) is 34.0. The Hall–Kier alpha value is -2.69. The molecule has 2 aliphatic heterocycles. The van der Waals surface area contributed by atoms with Crippen molar-refractivity contribution in [2.75, 3.05) is 43.2 Å². The number of rotatable bonds is 8. The molecule has 3 heterocycles. The number of hydrogen-bond acceptors (Lipinski definition) is 7. The molecule has 2 saturated heterocycles. The molecule has 176 valence electrons. The fourth-order valence-corrected chi connectivity index (χ4v) is 5.06. The standard InChI is InChI=1S/C21H31FN6O4/c1-12-24-18(17(22)19(25-12)28-8-15-10-32-11-16(15)9-28)26-27-20(29)14(7-23-21(30)31)6-13-4-2-3-5-13/h13-16,23H,2-11H2,1H3,(H,27,29)(H,30,31)(H,24,25,26)/t14-,15?,16?/m1/s1. The number of hydrazine groups is 1. The van der Waals surface area contributed by atoms with Gasteiger partial charge in [-0.25, -0.2) is 14.8 Å². The van der Waals surface area contributed by atoms with Crippen molar-refractivity contribution in [3.63, 3.8) is 0 Å². The van der Waals surface area contributed by atoms with Crippen LogP contribution in [0.3, 0.4) is 0 Å². The fraction of sp³-hybridized carbons (Fsp3) is 0.714. The first-order valence-corrected chi connectivity index (χ1v) is 11.3. The lowest BCUT2D eigenvalue weighted by Crippen LogP contribution is -2.42. The maximum Gasteiger partial charge on any atom is 0.404 e. The number of carbonyl (C=O) groups excluding carboxylic acids is 1. The molecule has 4 N–H and O–H groups in total. The van der Waals surface area contributed by atoms with Crippen LogP contribution in [0.5, 0.6) is 0 Å². The van der Waals surface area contributed by atoms with Crippen molar-refractivity contribution in [2.24, 2.45) is 23.7 Å². The van der Waals surface area contributed by atoms with Crippen LogP contribution in [0.15, 0.2) is 0 Å². The zero-order valence-corrected chi connectivity index (χ0v) is 18.3. The topological polar surface area (TPSA) is 129 Å². The summed E-state index contributed by atoms with van der Waals surface area (Å²) in [5.41, 5.74) is 5.14. The lowest BCUT2D eigenvalue weighted by Gasteiger charge is -2.22. The molecule has 3 aliphatic rings. The zero-order chi connectivity index (χ0) is 22.7. The van der Waals surface area contributed by atoms with Crippen LogP contribution in [-0.4, -0.2) is 59.9 Å². The molecule has 0 aromatic carbocycles. The minimum atomic E-state index is -1.18. The molecule has 2 unspecified atom stereocenters. The number of carbonyl (C=O) groups is 2. The second-order valence-electron chi connectivity index (χ2n) is 9.10. The van der Waals surface area contributed by atoms with Crippen LogP contribution in [0.4, 0.5) is 20.8 Å². The van der Waals surface area contributed by atoms with Crippen LogP contribution in [0.25, 0.3) is 0 Å². The van der Waals surface area contributed by atoms with Crippen molar-refractivity contribution in [3.05, 3.63) is 11.6 Å². The summed E-state index contributed by atoms with van der Waals surface area (Å²) < 4.78 is 20.7. The monoisotopic (exact) mass is 450 g/mol. The Bertz CT molecular complexity index is 838. The maximum atomic E-state index is 15.2. The van der Waals surface area contributed by atoms with Crippen molar-refractivity contribution in [2.45, 2.75) is 39.0 Å². The van der Waals surface area contributed by atoms with Gasteiger partial charge in [-0.15, -0.1) is 0 Å². The van der Waals surface area contributed by atoms with Gasteiger partial charge in [-0.1, -0.05) is 25.7 Å². The first kappa shape index (κ1) is 22.5. The van der Waals surface area contributed by atoms with Crippen LogP contribution < -0.4 is 21.1 Å². The van der Waals surface area contributed by atoms with E-state index < -0.39 is 23.7 Å². The average Bonchev–Trinajstić information content (AvgIpc) is 3.48. The molecule has 1 saturated carbocycles. The Morgan fingerprint density at radius 1 is 1.22 bits per heavy atom. The smallest absolute Gasteiger partial charge is 0.404 e. The third kappa shape index (κ3) is 5.20. The predicted octanol–water partition coefficient (Wildman–Crippen LogP) is 1.91. The second-order valence-corrected chi connectivity index (χ2v) is 9.10. The molecule has 4 rings (SSSR count). The highest BCUT2D eigenvalue weighted by atomic mass is 19.1. The van der Waals surface area contributed by atoms with Gasteiger partial charge in [0.1, 0.15) is 5.82 Å². The number of halogens is 1. The van der Waals surface area contributed by atoms with Crippen molar-refractivity contribution in [1.29, 1.82) is 0 Å². The van der Waals surface area contributed by atoms with Gasteiger partial charge in [0.05, 0.1) is 19.1 Å². The average molecular weight is 451 g/mol. The number of aryl methyl sites for hydroxylation is 1. The molecule has 0 bridgehead atoms. The van der Waals surface area contributed by atoms with Gasteiger partial charge in [-0.05, 0) is 19.3 Å². The van der Waals surface area contributed by atoms with E-state index in [-0.39, 0.29) is 18.2 Å². The number of aromatic nitrogens is 2. The van der Waals surface area contributed by atoms with Crippen molar-refractivity contribution in [3.8, 4) is 0 Å². The molecule has 3 fully saturated rings. The van der Waals surface area contributed by atoms with Gasteiger partial charge in [0.25, 0.3) is 0 Å². The fourth-order valence-electron chi connectivity index (χ4n) is 5.06. The van der Waals surface area contributed by atoms with E-state index in [0.717, 1.165) is 25.7 Å². The molecule has 0 radical (unpaired) electrons. The predicted molar refractivity (Wildman–Crippen MR) is 115 cm³/mol. The van der Waals surface area contributed by atoms with Crippen molar-refractivity contribution in [1.82, 2.24) is 20.7 Å². The van der Waals surface area contributed by atoms with Gasteiger partial charge in [0.15, 0.2) is 11.6 Å². The number of ether oxygens (including phenoxy) is 1. The summed E-state index contributed by atoms with van der Waals surface area (Å²) in [5.74, 6) is 0.0936. The van der Waals surface area contributed by atoms with Gasteiger partial charge in [-0.3, -0.25) is 15.6 Å². The Kier molecular flexibility index (Phi) is 6.92. The number of fused-ring (bicyclic) bond motifs is 1. The van der Waals surface area contributed by atoms with E-state index in [1.165, 1.54) is 0 Å². The lowest BCUT2D eigenvalue weighted by molar-refractivity contribution is -0.124. The molecule has 1 aliphatic carbocycles. The molecule has 3 atom stereocenters. The summed E-state index contributed by atoms with van der Waals surface area (Å²) >= 11 is 0. The molecule has 1 aromatic rings. The number of nitrogens with zero attached hydrogens (tertiary/aromatic N) is 3. The highest BCUT2D eigenvalue weighted by molar-refractivity contribution is 5.80. The van der Waals surface area contributed by atoms with Crippen LogP contribution in [-0.2, 0) is 9.53 Å². The van der Waals surface area contributed by atoms with Crippen LogP contribution in [0.2, 0.25) is 0 Å². The highest BCUT2D eigenvalue weighted by Crippen LogP contribution is 2.34. The molecule has 2 amide bonds. The summed E-state index contributed by atoms with van der Waals surface area (Å²) in [6, 6.07) is 0. The number of anilines is 2. The Morgan fingerprint density at radius 2 is 1.91 bits per heavy atom. The minimum absolute atomic E-state index is 0.00844. The molecule has 10 nitrogen and oxygen atoms in total. The van der Waals surface area contributed by atoms with E-state index in [0.29, 0.717) is 56.3 Å². The number of carboxylic acid groups (broad SMARTS) is 1. The number of hydrogen-bond donors (Lipinski definition) is 4. The van der Waals surface area contributed by atoms with Crippen molar-refractivity contribution < 1.29 is 23.8 Å². The Labute approximate surface area is 186 Å². The Morgan fingerprint density at radius 3 is 2.56 bits per heavy atom. The van der Waals surface area contributed by atoms with Crippen LogP contribution in [0, 0.1) is 36.4 Å². The lowest BCUT2D eigenvalue weighted by atomic mass is 9.92. The summed E-state index contributed by atoms with van der Waals surface area (Å²) in [7, 11) is 0. The normalized spacial score (nSPS) is 23.8. The molecule has 1 aromatic heterocycles. The largest absolute Gasteiger partial charge is 0.465 e. The van der Waals surface area contributed by atoms with E-state index >= 15 is 4.39 Å². The van der Waals surface area contributed by atoms with Crippen LogP contribution >= 0.6 is 0 Å². The third-order valence-corrected chi connectivity index (χ3v) is 6.75. The van der Waals surface area contributed by atoms with E-state index in [9.17, 15) is 9.59 Å². The molecular formula is C21H31FN6O4. The van der Waals surface area contributed by atoms with Gasteiger partial charge in [0, 0.05) is 31.5 Å². The van der Waals surface area contributed by atoms with Crippen molar-refractivity contribution >= 4 is 23.6 Å². The first-order valence-electron chi connectivity index (χ1n) is 11.3. The van der Waals surface area contributed by atoms with E-state index in [2.05, 4.69) is 26.1 Å². The summed E-state index contributed by atoms with van der Waals surface area (Å²) in [6.45, 7) is 4.40. The molecule has 0 spiro atoms. The van der Waals surface area contributed by atoms with Gasteiger partial charge in [-0.2, -0.15) is 4.39 Å². The van der Waals surface area contributed by atoms with E-state index in [4.69, 9.17) is 9.84 Å². The second kappa shape index (κ2) is 9.85. The van der Waals surface area contributed by atoms with Gasteiger partial charge < -0.3 is 20.1 Å². The van der Waals surface area contributed by atoms with E-state index in [1.54, 1.807) is 6.92 Å². The van der Waals surface area contributed by atoms with E-state index in [1.807, 2.05) is 4.90 Å². The third-order valence-electron chi connectivity index (χ3n) is 6.75. The minimum Gasteiger partial charge on any atom is -0.465 e. The molecule has 11 heteroatoms. The maximum absolute atomic E-state index is 15.2. The molecular weight excluding hydrogens is 419 g/mol. The zero-order valence-electron chi connectivity index (χ0n) is 18.3. The van der Waals surface area contributed by atoms with Crippen LogP contribution in [0.1, 0.15) is 37.9 Å². The van der Waals surface area contributed by atoms with Gasteiger partial charge in [0.2, 0.25) is 11.7 Å². The summed E-state index contributed by atoms with van der Waals surface area (Å²) in [6.07, 6.45) is 3.74. The quantitative estimate of drug-likeness (QED) is 0.442. The first-order chi connectivity index (χ1) is 15.4. The van der Waals surface area contributed by atoms with Gasteiger partial charge >= 0.3 is 6.09 Å². The Balaban J connectivity index is 1.41. The SMILES string of the molecule is Cc1nc(NNC(=O)[C@@H](CNC(=O)O)CC2CCCC2)c(F)c(N2CC3COCC3C2)n1. The number of amides is 2.